The molecule has 0 fully saturated rings. The first kappa shape index (κ1) is 16.2. The summed E-state index contributed by atoms with van der Waals surface area (Å²) in [4.78, 5) is 27.7. The molecule has 0 spiro atoms. The second-order valence-electron chi connectivity index (χ2n) is 5.83. The molecule has 2 N–H and O–H groups in total. The molecule has 3 aromatic carbocycles. The van der Waals surface area contributed by atoms with E-state index in [9.17, 15) is 14.7 Å². The van der Waals surface area contributed by atoms with Crippen LogP contribution in [0.3, 0.4) is 0 Å². The van der Waals surface area contributed by atoms with Crippen LogP contribution in [0.5, 0.6) is 5.75 Å². The highest BCUT2D eigenvalue weighted by Crippen LogP contribution is 2.27. The fraction of sp³-hybridized carbons (Fsp3) is 0. The van der Waals surface area contributed by atoms with E-state index in [0.717, 1.165) is 0 Å². The molecule has 0 aliphatic rings. The molecule has 4 aromatic rings. The molecular weight excluding hydrogens is 352 g/mol. The fourth-order valence-corrected chi connectivity index (χ4v) is 3.09. The number of aromatic amines is 1. The number of carbonyl (C=O) groups is 1. The van der Waals surface area contributed by atoms with Crippen LogP contribution in [0.15, 0.2) is 71.5 Å². The van der Waals surface area contributed by atoms with Gasteiger partial charge < -0.3 is 10.1 Å². The Labute approximate surface area is 153 Å². The highest BCUT2D eigenvalue weighted by atomic mass is 35.5. The van der Waals surface area contributed by atoms with Gasteiger partial charge in [0.25, 0.3) is 0 Å². The van der Waals surface area contributed by atoms with Crippen LogP contribution in [-0.4, -0.2) is 20.4 Å². The molecular formula is C20H13ClN2O3. The first-order valence-electron chi connectivity index (χ1n) is 7.88. The van der Waals surface area contributed by atoms with Crippen LogP contribution < -0.4 is 5.69 Å². The average molecular weight is 365 g/mol. The number of hydrogen-bond acceptors (Lipinski definition) is 3. The minimum atomic E-state index is -0.429. The second kappa shape index (κ2) is 6.20. The van der Waals surface area contributed by atoms with Crippen LogP contribution >= 0.6 is 11.6 Å². The van der Waals surface area contributed by atoms with Crippen LogP contribution in [0.4, 0.5) is 0 Å². The van der Waals surface area contributed by atoms with Gasteiger partial charge in [-0.25, -0.2) is 4.79 Å². The fourth-order valence-electron chi connectivity index (χ4n) is 2.92. The van der Waals surface area contributed by atoms with Crippen molar-refractivity contribution in [2.24, 2.45) is 0 Å². The highest BCUT2D eigenvalue weighted by Gasteiger charge is 2.15. The number of rotatable bonds is 3. The van der Waals surface area contributed by atoms with Crippen LogP contribution in [0, 0.1) is 0 Å². The molecule has 0 aliphatic carbocycles. The van der Waals surface area contributed by atoms with Crippen LogP contribution in [-0.2, 0) is 0 Å². The molecule has 0 unspecified atom stereocenters. The first-order chi connectivity index (χ1) is 12.5. The summed E-state index contributed by atoms with van der Waals surface area (Å²) in [7, 11) is 0. The Morgan fingerprint density at radius 3 is 2.50 bits per heavy atom. The normalized spacial score (nSPS) is 11.0. The van der Waals surface area contributed by atoms with Crippen molar-refractivity contribution in [1.82, 2.24) is 9.55 Å². The average Bonchev–Trinajstić information content (AvgIpc) is 2.98. The summed E-state index contributed by atoms with van der Waals surface area (Å²) < 4.78 is 1.33. The van der Waals surface area contributed by atoms with Crippen molar-refractivity contribution in [3.05, 3.63) is 93.4 Å². The van der Waals surface area contributed by atoms with Crippen molar-refractivity contribution in [2.75, 3.05) is 0 Å². The summed E-state index contributed by atoms with van der Waals surface area (Å²) in [5.41, 5.74) is 1.92. The van der Waals surface area contributed by atoms with Gasteiger partial charge in [-0.05, 0) is 36.4 Å². The van der Waals surface area contributed by atoms with Gasteiger partial charge in [0.15, 0.2) is 5.78 Å². The monoisotopic (exact) mass is 364 g/mol. The number of nitrogens with one attached hydrogen (secondary N) is 1. The van der Waals surface area contributed by atoms with Gasteiger partial charge in [-0.3, -0.25) is 9.36 Å². The van der Waals surface area contributed by atoms with E-state index in [4.69, 9.17) is 11.6 Å². The lowest BCUT2D eigenvalue weighted by molar-refractivity contribution is 0.103. The second-order valence-corrected chi connectivity index (χ2v) is 6.26. The van der Waals surface area contributed by atoms with Gasteiger partial charge in [-0.2, -0.15) is 0 Å². The van der Waals surface area contributed by atoms with E-state index in [1.165, 1.54) is 22.8 Å². The number of imidazole rings is 1. The summed E-state index contributed by atoms with van der Waals surface area (Å²) in [6.45, 7) is 0. The number of hydrogen-bond donors (Lipinski definition) is 2. The quantitative estimate of drug-likeness (QED) is 0.541. The van der Waals surface area contributed by atoms with Crippen molar-refractivity contribution in [3.8, 4) is 11.4 Å². The molecule has 128 valence electrons. The molecule has 0 saturated carbocycles. The first-order valence-corrected chi connectivity index (χ1v) is 8.26. The summed E-state index contributed by atoms with van der Waals surface area (Å²) in [5.74, 6) is -0.200. The zero-order valence-electron chi connectivity index (χ0n) is 13.4. The number of H-pyrrole nitrogens is 1. The van der Waals surface area contributed by atoms with Crippen molar-refractivity contribution >= 4 is 28.4 Å². The molecule has 1 heterocycles. The van der Waals surface area contributed by atoms with Gasteiger partial charge in [0, 0.05) is 16.1 Å². The van der Waals surface area contributed by atoms with Gasteiger partial charge in [-0.15, -0.1) is 0 Å². The highest BCUT2D eigenvalue weighted by molar-refractivity contribution is 6.30. The number of phenols is 1. The number of phenolic OH excluding ortho intramolecular Hbond substituents is 1. The van der Waals surface area contributed by atoms with Crippen LogP contribution in [0.25, 0.3) is 16.7 Å². The lowest BCUT2D eigenvalue weighted by Gasteiger charge is -2.07. The Hall–Kier alpha value is -3.31. The third-order valence-corrected chi connectivity index (χ3v) is 4.39. The summed E-state index contributed by atoms with van der Waals surface area (Å²) >= 11 is 5.99. The number of halogens is 1. The van der Waals surface area contributed by atoms with Gasteiger partial charge in [0.2, 0.25) is 0 Å². The van der Waals surface area contributed by atoms with Crippen molar-refractivity contribution in [1.29, 1.82) is 0 Å². The van der Waals surface area contributed by atoms with E-state index in [1.54, 1.807) is 42.5 Å². The Balaban J connectivity index is 1.86. The largest absolute Gasteiger partial charge is 0.506 e. The lowest BCUT2D eigenvalue weighted by Crippen LogP contribution is -2.14. The van der Waals surface area contributed by atoms with E-state index >= 15 is 0 Å². The topological polar surface area (TPSA) is 75.1 Å². The van der Waals surface area contributed by atoms with E-state index in [-0.39, 0.29) is 17.2 Å². The zero-order chi connectivity index (χ0) is 18.3. The molecule has 5 nitrogen and oxygen atoms in total. The Morgan fingerprint density at radius 2 is 1.73 bits per heavy atom. The molecule has 4 rings (SSSR count). The predicted molar refractivity (Wildman–Crippen MR) is 100 cm³/mol. The maximum atomic E-state index is 12.6. The molecule has 0 radical (unpaired) electrons. The Kier molecular flexibility index (Phi) is 3.86. The van der Waals surface area contributed by atoms with Crippen LogP contribution in [0.2, 0.25) is 5.02 Å². The van der Waals surface area contributed by atoms with E-state index < -0.39 is 5.69 Å². The van der Waals surface area contributed by atoms with Gasteiger partial charge in [0.1, 0.15) is 5.75 Å². The molecule has 0 amide bonds. The summed E-state index contributed by atoms with van der Waals surface area (Å²) in [6.07, 6.45) is 0. The number of carbonyl (C=O) groups excluding carboxylic acids is 1. The van der Waals surface area contributed by atoms with Gasteiger partial charge >= 0.3 is 5.69 Å². The minimum Gasteiger partial charge on any atom is -0.506 e. The molecule has 0 atom stereocenters. The van der Waals surface area contributed by atoms with Gasteiger partial charge in [0.05, 0.1) is 16.7 Å². The third kappa shape index (κ3) is 2.68. The number of ketones is 1. The number of nitrogens with zero attached hydrogens (tertiary/aromatic N) is 1. The summed E-state index contributed by atoms with van der Waals surface area (Å²) in [5, 5.41) is 10.5. The Morgan fingerprint density at radius 1 is 0.962 bits per heavy atom. The lowest BCUT2D eigenvalue weighted by atomic mass is 10.0. The maximum absolute atomic E-state index is 12.6. The Bertz CT molecular complexity index is 1190. The van der Waals surface area contributed by atoms with E-state index in [2.05, 4.69) is 4.98 Å². The SMILES string of the molecule is O=C(c1ccccc1)c1ccc2c(c1)[nH]c(=O)n2-c1cc(Cl)ccc1O. The van der Waals surface area contributed by atoms with E-state index in [1.807, 2.05) is 6.07 Å². The molecule has 1 aromatic heterocycles. The maximum Gasteiger partial charge on any atom is 0.331 e. The third-order valence-electron chi connectivity index (χ3n) is 4.16. The predicted octanol–water partition coefficient (Wildman–Crippen LogP) is 3.91. The standard InChI is InChI=1S/C20H13ClN2O3/c21-14-7-9-18(24)17(11-14)23-16-8-6-13(10-15(16)22-20(23)26)19(25)12-4-2-1-3-5-12/h1-11,24H,(H,22,26). The summed E-state index contributed by atoms with van der Waals surface area (Å²) in [6, 6.07) is 18.3. The minimum absolute atomic E-state index is 0.0677. The van der Waals surface area contributed by atoms with Gasteiger partial charge in [-0.1, -0.05) is 41.9 Å². The number of aromatic hydroxyl groups is 1. The molecule has 0 saturated heterocycles. The van der Waals surface area contributed by atoms with E-state index in [0.29, 0.717) is 27.2 Å². The molecule has 26 heavy (non-hydrogen) atoms. The number of fused-ring (bicyclic) bond motifs is 1. The smallest absolute Gasteiger partial charge is 0.331 e. The molecule has 0 bridgehead atoms. The van der Waals surface area contributed by atoms with Crippen LogP contribution in [0.1, 0.15) is 15.9 Å². The van der Waals surface area contributed by atoms with Crippen molar-refractivity contribution in [2.45, 2.75) is 0 Å². The number of aromatic nitrogens is 2. The molecule has 0 aliphatic heterocycles. The molecule has 6 heteroatoms. The van der Waals surface area contributed by atoms with Crippen molar-refractivity contribution in [3.63, 3.8) is 0 Å². The van der Waals surface area contributed by atoms with Crippen molar-refractivity contribution < 1.29 is 9.90 Å². The number of benzene rings is 3. The zero-order valence-corrected chi connectivity index (χ0v) is 14.2.